The summed E-state index contributed by atoms with van der Waals surface area (Å²) in [7, 11) is 0. The van der Waals surface area contributed by atoms with E-state index in [1.54, 1.807) is 11.8 Å². The van der Waals surface area contributed by atoms with Gasteiger partial charge in [-0.1, -0.05) is 5.57 Å². The zero-order chi connectivity index (χ0) is 7.61. The maximum Gasteiger partial charge on any atom is 0.502 e. The number of rotatable bonds is 1. The smallest absolute Gasteiger partial charge is 0.445 e. The van der Waals surface area contributed by atoms with Crippen molar-refractivity contribution in [2.45, 2.75) is 6.42 Å². The summed E-state index contributed by atoms with van der Waals surface area (Å²) in [5, 5.41) is 0. The topological polar surface area (TPSA) is 0 Å². The Hall–Kier alpha value is -0.0551. The first-order chi connectivity index (χ1) is 4.58. The first-order valence-electron chi connectivity index (χ1n) is 3.06. The summed E-state index contributed by atoms with van der Waals surface area (Å²) in [4.78, 5) is 0. The standard InChI is InChI=1S/C5H7BF3S/c7-6(8,9)3-5-1-2-10-4-5/h3H,1-2,4H2/q-1/b5-3-. The molecular formula is C5H7BF3S-. The molecule has 0 aromatic carbocycles. The van der Waals surface area contributed by atoms with E-state index < -0.39 is 6.98 Å². The van der Waals surface area contributed by atoms with Gasteiger partial charge < -0.3 is 12.9 Å². The fourth-order valence-corrected chi connectivity index (χ4v) is 1.93. The maximum absolute atomic E-state index is 11.7. The molecule has 10 heavy (non-hydrogen) atoms. The molecule has 1 heterocycles. The largest absolute Gasteiger partial charge is 0.502 e. The lowest BCUT2D eigenvalue weighted by Crippen LogP contribution is -2.11. The van der Waals surface area contributed by atoms with Gasteiger partial charge in [-0.05, 0) is 12.2 Å². The molecule has 0 bridgehead atoms. The fraction of sp³-hybridized carbons (Fsp3) is 0.600. The van der Waals surface area contributed by atoms with Gasteiger partial charge in [-0.3, -0.25) is 0 Å². The van der Waals surface area contributed by atoms with Crippen molar-refractivity contribution in [1.82, 2.24) is 0 Å². The molecule has 5 heteroatoms. The third kappa shape index (κ3) is 2.69. The van der Waals surface area contributed by atoms with Gasteiger partial charge in [0.15, 0.2) is 0 Å². The molecule has 0 aromatic rings. The van der Waals surface area contributed by atoms with Gasteiger partial charge in [-0.2, -0.15) is 11.8 Å². The Labute approximate surface area is 61.9 Å². The number of hydrogen-bond acceptors (Lipinski definition) is 1. The Kier molecular flexibility index (Phi) is 2.34. The molecule has 0 unspecified atom stereocenters. The third-order valence-electron chi connectivity index (χ3n) is 1.28. The first-order valence-corrected chi connectivity index (χ1v) is 4.22. The van der Waals surface area contributed by atoms with Gasteiger partial charge >= 0.3 is 6.98 Å². The van der Waals surface area contributed by atoms with E-state index in [-0.39, 0.29) is 0 Å². The van der Waals surface area contributed by atoms with Crippen LogP contribution in [0.25, 0.3) is 0 Å². The second-order valence-corrected chi connectivity index (χ2v) is 3.36. The van der Waals surface area contributed by atoms with Gasteiger partial charge in [0, 0.05) is 5.75 Å². The van der Waals surface area contributed by atoms with Crippen molar-refractivity contribution in [2.24, 2.45) is 0 Å². The average molecular weight is 167 g/mol. The highest BCUT2D eigenvalue weighted by Crippen LogP contribution is 2.25. The first kappa shape index (κ1) is 8.05. The van der Waals surface area contributed by atoms with Crippen molar-refractivity contribution in [2.75, 3.05) is 11.5 Å². The van der Waals surface area contributed by atoms with Crippen LogP contribution < -0.4 is 0 Å². The lowest BCUT2D eigenvalue weighted by Gasteiger charge is -2.08. The van der Waals surface area contributed by atoms with Crippen LogP contribution in [0, 0.1) is 0 Å². The predicted molar refractivity (Wildman–Crippen MR) is 39.1 cm³/mol. The zero-order valence-corrected chi connectivity index (χ0v) is 6.13. The molecule has 0 atom stereocenters. The van der Waals surface area contributed by atoms with Crippen molar-refractivity contribution < 1.29 is 12.9 Å². The summed E-state index contributed by atoms with van der Waals surface area (Å²) in [5.41, 5.74) is 0.553. The van der Waals surface area contributed by atoms with Crippen molar-refractivity contribution in [3.8, 4) is 0 Å². The minimum Gasteiger partial charge on any atom is -0.445 e. The van der Waals surface area contributed by atoms with Crippen LogP contribution in [0.1, 0.15) is 6.42 Å². The van der Waals surface area contributed by atoms with Gasteiger partial charge in [0.2, 0.25) is 0 Å². The summed E-state index contributed by atoms with van der Waals surface area (Å²) in [6.07, 6.45) is 0.617. The van der Waals surface area contributed by atoms with Gasteiger partial charge in [0.05, 0.1) is 0 Å². The van der Waals surface area contributed by atoms with E-state index in [0.717, 1.165) is 5.75 Å². The monoisotopic (exact) mass is 167 g/mol. The normalized spacial score (nSPS) is 24.1. The predicted octanol–water partition coefficient (Wildman–Crippen LogP) is 2.44. The summed E-state index contributed by atoms with van der Waals surface area (Å²) in [5.74, 6) is 1.90. The lowest BCUT2D eigenvalue weighted by atomic mass is 9.88. The molecule has 58 valence electrons. The Morgan fingerprint density at radius 2 is 2.10 bits per heavy atom. The zero-order valence-electron chi connectivity index (χ0n) is 5.32. The van der Waals surface area contributed by atoms with Crippen molar-refractivity contribution in [1.29, 1.82) is 0 Å². The summed E-state index contributed by atoms with van der Waals surface area (Å²) in [6, 6.07) is 0. The second-order valence-electron chi connectivity index (χ2n) is 2.25. The molecule has 0 nitrogen and oxygen atoms in total. The van der Waals surface area contributed by atoms with E-state index in [1.165, 1.54) is 0 Å². The van der Waals surface area contributed by atoms with Gasteiger partial charge in [0.25, 0.3) is 0 Å². The highest BCUT2D eigenvalue weighted by Gasteiger charge is 2.20. The van der Waals surface area contributed by atoms with Crippen molar-refractivity contribution in [3.63, 3.8) is 0 Å². The Balaban J connectivity index is 2.53. The average Bonchev–Trinajstić information content (AvgIpc) is 2.12. The van der Waals surface area contributed by atoms with Gasteiger partial charge in [0.1, 0.15) is 0 Å². The molecule has 1 aliphatic rings. The number of halogens is 3. The van der Waals surface area contributed by atoms with E-state index in [0.29, 0.717) is 23.7 Å². The van der Waals surface area contributed by atoms with E-state index in [4.69, 9.17) is 0 Å². The lowest BCUT2D eigenvalue weighted by molar-refractivity contribution is 0.497. The van der Waals surface area contributed by atoms with Crippen molar-refractivity contribution in [3.05, 3.63) is 11.5 Å². The van der Waals surface area contributed by atoms with Crippen LogP contribution in [0.2, 0.25) is 0 Å². The van der Waals surface area contributed by atoms with E-state index >= 15 is 0 Å². The van der Waals surface area contributed by atoms with Crippen LogP contribution in [0.4, 0.5) is 12.9 Å². The minimum atomic E-state index is -4.69. The highest BCUT2D eigenvalue weighted by molar-refractivity contribution is 7.99. The third-order valence-corrected chi connectivity index (χ3v) is 2.35. The van der Waals surface area contributed by atoms with Crippen LogP contribution in [0.5, 0.6) is 0 Å². The summed E-state index contributed by atoms with van der Waals surface area (Å²) in [6.45, 7) is -4.69. The fourth-order valence-electron chi connectivity index (χ4n) is 0.877. The Morgan fingerprint density at radius 3 is 2.50 bits per heavy atom. The number of thioether (sulfide) groups is 1. The SMILES string of the molecule is F[B-](F)(F)/C=C1/CCSC1. The molecule has 0 aromatic heterocycles. The molecule has 0 amide bonds. The molecule has 1 aliphatic heterocycles. The molecule has 0 radical (unpaired) electrons. The molecular weight excluding hydrogens is 160 g/mol. The van der Waals surface area contributed by atoms with Crippen LogP contribution in [-0.2, 0) is 0 Å². The van der Waals surface area contributed by atoms with Crippen LogP contribution in [0.3, 0.4) is 0 Å². The summed E-state index contributed by atoms with van der Waals surface area (Å²) >= 11 is 1.56. The van der Waals surface area contributed by atoms with Gasteiger partial charge in [-0.25, -0.2) is 0 Å². The molecule has 1 saturated heterocycles. The molecule has 1 fully saturated rings. The molecule has 1 rings (SSSR count). The molecule has 0 N–H and O–H groups in total. The maximum atomic E-state index is 11.7. The van der Waals surface area contributed by atoms with Crippen LogP contribution >= 0.6 is 11.8 Å². The second kappa shape index (κ2) is 2.90. The minimum absolute atomic E-state index is 0.486. The molecule has 0 spiro atoms. The number of hydrogen-bond donors (Lipinski definition) is 0. The Morgan fingerprint density at radius 1 is 1.40 bits per heavy atom. The highest BCUT2D eigenvalue weighted by atomic mass is 32.2. The van der Waals surface area contributed by atoms with Crippen LogP contribution in [0.15, 0.2) is 11.5 Å². The van der Waals surface area contributed by atoms with E-state index in [9.17, 15) is 12.9 Å². The molecule has 0 aliphatic carbocycles. The van der Waals surface area contributed by atoms with Crippen molar-refractivity contribution >= 4 is 18.7 Å². The Bertz CT molecular complexity index is 143. The summed E-state index contributed by atoms with van der Waals surface area (Å²) < 4.78 is 35.1. The van der Waals surface area contributed by atoms with E-state index in [1.807, 2.05) is 0 Å². The quantitative estimate of drug-likeness (QED) is 0.540. The molecule has 0 saturated carbocycles. The van der Waals surface area contributed by atoms with E-state index in [2.05, 4.69) is 0 Å². The van der Waals surface area contributed by atoms with Crippen LogP contribution in [-0.4, -0.2) is 18.5 Å². The van der Waals surface area contributed by atoms with Gasteiger partial charge in [-0.15, -0.1) is 5.98 Å².